The summed E-state index contributed by atoms with van der Waals surface area (Å²) in [6, 6.07) is 3.68. The van der Waals surface area contributed by atoms with Crippen molar-refractivity contribution in [3.63, 3.8) is 0 Å². The zero-order chi connectivity index (χ0) is 20.1. The van der Waals surface area contributed by atoms with Crippen molar-refractivity contribution >= 4 is 11.5 Å². The summed E-state index contributed by atoms with van der Waals surface area (Å²) in [7, 11) is 0. The first-order chi connectivity index (χ1) is 12.4. The van der Waals surface area contributed by atoms with Crippen LogP contribution in [0.25, 0.3) is 16.9 Å². The van der Waals surface area contributed by atoms with Crippen LogP contribution in [-0.4, -0.2) is 25.6 Å². The molecule has 0 saturated heterocycles. The molecule has 3 N–H and O–H groups in total. The van der Waals surface area contributed by atoms with Crippen molar-refractivity contribution in [3.05, 3.63) is 47.4 Å². The Hall–Kier alpha value is -2.75. The van der Waals surface area contributed by atoms with Gasteiger partial charge in [0.05, 0.1) is 11.9 Å². The number of nitrogens with two attached hydrogens (primary N) is 1. The minimum absolute atomic E-state index is 0.0231. The van der Waals surface area contributed by atoms with E-state index in [0.29, 0.717) is 11.8 Å². The maximum absolute atomic E-state index is 14.2. The number of aryl methyl sites for hydroxylation is 1. The minimum Gasteiger partial charge on any atom is -0.387 e. The van der Waals surface area contributed by atoms with E-state index >= 15 is 0 Å². The van der Waals surface area contributed by atoms with Crippen LogP contribution in [0.1, 0.15) is 23.7 Å². The van der Waals surface area contributed by atoms with Gasteiger partial charge in [-0.3, -0.25) is 4.40 Å². The standard InChI is InChI=1S/C17H15F5N4O/c1-8-3-4-10(16(18,19)9(2)27)5-11(8)12-6-24-15-14(23)25-13(7-26(12)15)17(20,21)22/h3-7,9,27H,1-2H3,(H2,23,25). The smallest absolute Gasteiger partial charge is 0.387 e. The second kappa shape index (κ2) is 6.15. The lowest BCUT2D eigenvalue weighted by atomic mass is 9.97. The van der Waals surface area contributed by atoms with Crippen LogP contribution in [0.3, 0.4) is 0 Å². The molecule has 0 saturated carbocycles. The number of hydrogen-bond acceptors (Lipinski definition) is 4. The molecular formula is C17H15F5N4O. The Morgan fingerprint density at radius 2 is 1.85 bits per heavy atom. The molecule has 0 aliphatic carbocycles. The SMILES string of the molecule is Cc1ccc(C(F)(F)C(C)O)cc1-c1cnc2c(N)nc(C(F)(F)F)cn12. The number of alkyl halides is 5. The maximum atomic E-state index is 14.2. The summed E-state index contributed by atoms with van der Waals surface area (Å²) in [5.74, 6) is -3.96. The van der Waals surface area contributed by atoms with Crippen LogP contribution in [0, 0.1) is 6.92 Å². The average Bonchev–Trinajstić information content (AvgIpc) is 2.98. The van der Waals surface area contributed by atoms with Gasteiger partial charge in [0.2, 0.25) is 0 Å². The Kier molecular flexibility index (Phi) is 4.34. The van der Waals surface area contributed by atoms with Crippen molar-refractivity contribution < 1.29 is 27.1 Å². The molecule has 0 radical (unpaired) electrons. The van der Waals surface area contributed by atoms with E-state index in [1.807, 2.05) is 0 Å². The van der Waals surface area contributed by atoms with Crippen molar-refractivity contribution in [2.75, 3.05) is 5.73 Å². The number of rotatable bonds is 3. The number of anilines is 1. The molecule has 27 heavy (non-hydrogen) atoms. The number of nitrogen functional groups attached to an aromatic ring is 1. The lowest BCUT2D eigenvalue weighted by molar-refractivity contribution is -0.141. The van der Waals surface area contributed by atoms with Gasteiger partial charge in [0.1, 0.15) is 6.10 Å². The van der Waals surface area contributed by atoms with Crippen LogP contribution < -0.4 is 5.73 Å². The molecule has 0 aliphatic heterocycles. The van der Waals surface area contributed by atoms with Crippen LogP contribution in [0.4, 0.5) is 27.8 Å². The first-order valence-electron chi connectivity index (χ1n) is 7.81. The number of aliphatic hydroxyl groups is 1. The molecule has 0 aliphatic rings. The molecule has 10 heteroatoms. The van der Waals surface area contributed by atoms with Crippen LogP contribution in [-0.2, 0) is 12.1 Å². The lowest BCUT2D eigenvalue weighted by Crippen LogP contribution is -2.28. The van der Waals surface area contributed by atoms with Gasteiger partial charge < -0.3 is 10.8 Å². The number of benzene rings is 1. The molecule has 1 unspecified atom stereocenters. The van der Waals surface area contributed by atoms with Crippen molar-refractivity contribution in [2.24, 2.45) is 0 Å². The summed E-state index contributed by atoms with van der Waals surface area (Å²) in [5, 5.41) is 9.34. The average molecular weight is 386 g/mol. The Bertz CT molecular complexity index is 1010. The van der Waals surface area contributed by atoms with E-state index in [2.05, 4.69) is 9.97 Å². The number of halogens is 5. The highest BCUT2D eigenvalue weighted by Crippen LogP contribution is 2.36. The van der Waals surface area contributed by atoms with E-state index in [4.69, 9.17) is 5.73 Å². The highest BCUT2D eigenvalue weighted by molar-refractivity contribution is 5.72. The molecule has 2 aromatic heterocycles. The lowest BCUT2D eigenvalue weighted by Gasteiger charge is -2.21. The third-order valence-electron chi connectivity index (χ3n) is 4.23. The number of hydrogen-bond donors (Lipinski definition) is 2. The first-order valence-corrected chi connectivity index (χ1v) is 7.81. The monoisotopic (exact) mass is 386 g/mol. The van der Waals surface area contributed by atoms with Crippen molar-refractivity contribution in [3.8, 4) is 11.3 Å². The molecule has 0 spiro atoms. The third kappa shape index (κ3) is 3.20. The first kappa shape index (κ1) is 19.0. The molecule has 0 fully saturated rings. The van der Waals surface area contributed by atoms with Crippen LogP contribution in [0.2, 0.25) is 0 Å². The second-order valence-electron chi connectivity index (χ2n) is 6.17. The highest BCUT2D eigenvalue weighted by atomic mass is 19.4. The molecule has 1 atom stereocenters. The van der Waals surface area contributed by atoms with Crippen molar-refractivity contribution in [2.45, 2.75) is 32.1 Å². The highest BCUT2D eigenvalue weighted by Gasteiger charge is 2.38. The Balaban J connectivity index is 2.26. The Morgan fingerprint density at radius 3 is 2.44 bits per heavy atom. The van der Waals surface area contributed by atoms with Crippen molar-refractivity contribution in [1.29, 1.82) is 0 Å². The third-order valence-corrected chi connectivity index (χ3v) is 4.23. The quantitative estimate of drug-likeness (QED) is 0.672. The number of fused-ring (bicyclic) bond motifs is 1. The Morgan fingerprint density at radius 1 is 1.19 bits per heavy atom. The second-order valence-corrected chi connectivity index (χ2v) is 6.17. The molecule has 1 aromatic carbocycles. The van der Waals surface area contributed by atoms with Crippen LogP contribution >= 0.6 is 0 Å². The maximum Gasteiger partial charge on any atom is 0.434 e. The summed E-state index contributed by atoms with van der Waals surface area (Å²) in [5.41, 5.74) is 4.77. The predicted molar refractivity (Wildman–Crippen MR) is 88.1 cm³/mol. The largest absolute Gasteiger partial charge is 0.434 e. The van der Waals surface area contributed by atoms with Crippen molar-refractivity contribution in [1.82, 2.24) is 14.4 Å². The molecule has 3 aromatic rings. The molecule has 2 heterocycles. The van der Waals surface area contributed by atoms with E-state index in [1.54, 1.807) is 6.92 Å². The van der Waals surface area contributed by atoms with Gasteiger partial charge in [0.25, 0.3) is 5.92 Å². The molecule has 3 rings (SSSR count). The Labute approximate surface area is 150 Å². The summed E-state index contributed by atoms with van der Waals surface area (Å²) >= 11 is 0. The number of aromatic nitrogens is 3. The fourth-order valence-electron chi connectivity index (χ4n) is 2.69. The fraction of sp³-hybridized carbons (Fsp3) is 0.294. The summed E-state index contributed by atoms with van der Waals surface area (Å²) < 4.78 is 68.6. The summed E-state index contributed by atoms with van der Waals surface area (Å²) in [6.45, 7) is 2.57. The zero-order valence-electron chi connectivity index (χ0n) is 14.2. The summed E-state index contributed by atoms with van der Waals surface area (Å²) in [4.78, 5) is 7.26. The van der Waals surface area contributed by atoms with Gasteiger partial charge in [-0.1, -0.05) is 12.1 Å². The minimum atomic E-state index is -4.74. The van der Waals surface area contributed by atoms with Gasteiger partial charge in [-0.05, 0) is 25.5 Å². The van der Waals surface area contributed by atoms with E-state index in [0.717, 1.165) is 23.5 Å². The van der Waals surface area contributed by atoms with Gasteiger partial charge in [-0.2, -0.15) is 22.0 Å². The summed E-state index contributed by atoms with van der Waals surface area (Å²) in [6.07, 6.45) is -4.72. The van der Waals surface area contributed by atoms with E-state index in [9.17, 15) is 27.1 Å². The van der Waals surface area contributed by atoms with Gasteiger partial charge in [-0.25, -0.2) is 9.97 Å². The predicted octanol–water partition coefficient (Wildman–Crippen LogP) is 3.78. The van der Waals surface area contributed by atoms with Gasteiger partial charge in [0, 0.05) is 17.3 Å². The number of aliphatic hydroxyl groups excluding tert-OH is 1. The van der Waals surface area contributed by atoms with E-state index in [-0.39, 0.29) is 16.9 Å². The molecule has 0 bridgehead atoms. The van der Waals surface area contributed by atoms with Gasteiger partial charge in [-0.15, -0.1) is 0 Å². The fourth-order valence-corrected chi connectivity index (χ4v) is 2.69. The molecule has 0 amide bonds. The topological polar surface area (TPSA) is 76.4 Å². The van der Waals surface area contributed by atoms with Gasteiger partial charge in [0.15, 0.2) is 17.2 Å². The molecular weight excluding hydrogens is 371 g/mol. The zero-order valence-corrected chi connectivity index (χ0v) is 14.2. The van der Waals surface area contributed by atoms with Crippen LogP contribution in [0.5, 0.6) is 0 Å². The van der Waals surface area contributed by atoms with E-state index in [1.165, 1.54) is 12.3 Å². The number of nitrogens with zero attached hydrogens (tertiary/aromatic N) is 3. The van der Waals surface area contributed by atoms with Crippen LogP contribution in [0.15, 0.2) is 30.6 Å². The van der Waals surface area contributed by atoms with E-state index < -0.39 is 35.3 Å². The molecule has 144 valence electrons. The number of imidazole rings is 1. The normalized spacial score (nSPS) is 13.9. The van der Waals surface area contributed by atoms with Gasteiger partial charge >= 0.3 is 6.18 Å². The molecule has 5 nitrogen and oxygen atoms in total.